The van der Waals surface area contributed by atoms with Crippen molar-refractivity contribution >= 4 is 47.2 Å². The number of nitrogens with one attached hydrogen (secondary N) is 2. The average Bonchev–Trinajstić information content (AvgIpc) is 3.46. The van der Waals surface area contributed by atoms with Crippen LogP contribution in [0.5, 0.6) is 5.75 Å². The lowest BCUT2D eigenvalue weighted by atomic mass is 9.97. The van der Waals surface area contributed by atoms with Gasteiger partial charge in [0.15, 0.2) is 0 Å². The lowest BCUT2D eigenvalue weighted by molar-refractivity contribution is -0.0330. The lowest BCUT2D eigenvalue weighted by Crippen LogP contribution is -2.54. The number of nitrogens with zero attached hydrogens (tertiary/aromatic N) is 2. The predicted molar refractivity (Wildman–Crippen MR) is 178 cm³/mol. The lowest BCUT2D eigenvalue weighted by Gasteiger charge is -2.41. The second-order valence-corrected chi connectivity index (χ2v) is 17.3. The van der Waals surface area contributed by atoms with Crippen molar-refractivity contribution in [2.24, 2.45) is 0 Å². The molecule has 1 aromatic carbocycles. The predicted octanol–water partition coefficient (Wildman–Crippen LogP) is 7.61. The number of hydrogen-bond acceptors (Lipinski definition) is 7. The van der Waals surface area contributed by atoms with Crippen molar-refractivity contribution in [2.45, 2.75) is 80.7 Å². The summed E-state index contributed by atoms with van der Waals surface area (Å²) in [6, 6.07) is 10.4. The minimum absolute atomic E-state index is 0.0258. The van der Waals surface area contributed by atoms with Crippen LogP contribution in [0, 0.1) is 11.8 Å². The topological polar surface area (TPSA) is 84.3 Å². The smallest absolute Gasteiger partial charge is 0.447 e. The molecular formula is C33H40F3N4O4PS. The third-order valence-corrected chi connectivity index (χ3v) is 10.5. The number of ether oxygens (including phenoxy) is 2. The summed E-state index contributed by atoms with van der Waals surface area (Å²) in [4.78, 5) is 14.9. The fourth-order valence-electron chi connectivity index (χ4n) is 6.16. The molecule has 5 rings (SSSR count). The molecule has 46 heavy (non-hydrogen) atoms. The Bertz CT molecular complexity index is 1720. The van der Waals surface area contributed by atoms with E-state index in [2.05, 4.69) is 22.5 Å². The molecule has 2 aromatic heterocycles. The number of alkyl halides is 3. The molecule has 8 nitrogen and oxygen atoms in total. The molecule has 3 aromatic rings. The second-order valence-electron chi connectivity index (χ2n) is 13.0. The Balaban J connectivity index is 1.40. The van der Waals surface area contributed by atoms with Crippen LogP contribution in [0.2, 0.25) is 0 Å². The first-order chi connectivity index (χ1) is 21.5. The highest BCUT2D eigenvalue weighted by molar-refractivity contribution is 8.00. The van der Waals surface area contributed by atoms with E-state index in [1.165, 1.54) is 11.5 Å². The molecule has 0 radical (unpaired) electrons. The Morgan fingerprint density at radius 1 is 1.09 bits per heavy atom. The maximum atomic E-state index is 13.7. The number of rotatable bonds is 7. The molecule has 13 heteroatoms. The third kappa shape index (κ3) is 7.75. The van der Waals surface area contributed by atoms with Crippen molar-refractivity contribution < 1.29 is 32.0 Å². The Morgan fingerprint density at radius 2 is 1.83 bits per heavy atom. The van der Waals surface area contributed by atoms with Gasteiger partial charge in [-0.15, -0.1) is 0 Å². The second kappa shape index (κ2) is 13.0. The molecule has 0 aliphatic carbocycles. The van der Waals surface area contributed by atoms with E-state index < -0.39 is 18.3 Å². The van der Waals surface area contributed by atoms with Gasteiger partial charge in [-0.3, -0.25) is 0 Å². The van der Waals surface area contributed by atoms with Gasteiger partial charge in [0.05, 0.1) is 42.2 Å². The largest absolute Gasteiger partial charge is 0.495 e. The minimum Gasteiger partial charge on any atom is -0.495 e. The highest BCUT2D eigenvalue weighted by atomic mass is 32.2. The number of benzene rings is 1. The maximum Gasteiger partial charge on any atom is 0.447 e. The number of anilines is 2. The monoisotopic (exact) mass is 676 g/mol. The van der Waals surface area contributed by atoms with Crippen LogP contribution in [0.4, 0.5) is 29.3 Å². The molecule has 4 heterocycles. The van der Waals surface area contributed by atoms with Gasteiger partial charge in [0.1, 0.15) is 23.5 Å². The first kappa shape index (κ1) is 33.9. The van der Waals surface area contributed by atoms with Crippen LogP contribution in [0.15, 0.2) is 47.6 Å². The summed E-state index contributed by atoms with van der Waals surface area (Å²) >= 11 is -0.200. The first-order valence-electron chi connectivity index (χ1n) is 15.2. The van der Waals surface area contributed by atoms with Gasteiger partial charge in [-0.25, -0.2) is 4.79 Å². The number of amides is 1. The fourth-order valence-corrected chi connectivity index (χ4v) is 7.72. The van der Waals surface area contributed by atoms with Gasteiger partial charge in [0.25, 0.3) is 0 Å². The van der Waals surface area contributed by atoms with Gasteiger partial charge in [0.2, 0.25) is 0 Å². The molecule has 2 bridgehead atoms. The summed E-state index contributed by atoms with van der Waals surface area (Å²) in [5.74, 6) is 6.39. The van der Waals surface area contributed by atoms with E-state index in [9.17, 15) is 22.5 Å². The molecule has 2 aliphatic rings. The van der Waals surface area contributed by atoms with E-state index in [-0.39, 0.29) is 53.1 Å². The number of carbonyl (C=O) groups excluding carboxylic acids is 1. The van der Waals surface area contributed by atoms with E-state index in [0.29, 0.717) is 27.9 Å². The Kier molecular flexibility index (Phi) is 9.59. The molecule has 2 aliphatic heterocycles. The van der Waals surface area contributed by atoms with Crippen LogP contribution in [0.25, 0.3) is 5.52 Å². The number of methoxy groups -OCH3 is 1. The first-order valence-corrected chi connectivity index (χ1v) is 18.6. The van der Waals surface area contributed by atoms with Crippen molar-refractivity contribution in [1.29, 1.82) is 0 Å². The quantitative estimate of drug-likeness (QED) is 0.151. The standard InChI is InChI=1S/C33H40F3N4O4PS/c1-32(2,3)44-31(41)40-22-11-14-25(27(40)16-12-22)38-24-10-8-18-39-28(24)19-21(30(39)46-33(34,35)36)9-7-17-37-26-15-13-23(45(5,6)42)20-29(26)43-4/h8,10,13,15,18-20,22,25,27,37-38H,11-12,14,16-17H2,1-6H3/t22-,25-,27-/m1/s1. The molecule has 2 saturated heterocycles. The number of carbonyl (C=O) groups is 1. The number of halogens is 3. The minimum atomic E-state index is -4.52. The highest BCUT2D eigenvalue weighted by Crippen LogP contribution is 2.42. The Morgan fingerprint density at radius 3 is 2.50 bits per heavy atom. The Labute approximate surface area is 272 Å². The van der Waals surface area contributed by atoms with Crippen molar-refractivity contribution in [3.8, 4) is 17.6 Å². The van der Waals surface area contributed by atoms with E-state index in [0.717, 1.165) is 25.7 Å². The third-order valence-electron chi connectivity index (χ3n) is 8.14. The van der Waals surface area contributed by atoms with Gasteiger partial charge < -0.3 is 34.0 Å². The number of thioether (sulfide) groups is 1. The zero-order valence-corrected chi connectivity index (χ0v) is 28.5. The van der Waals surface area contributed by atoms with Gasteiger partial charge in [-0.2, -0.15) is 13.2 Å². The van der Waals surface area contributed by atoms with E-state index >= 15 is 0 Å². The molecular weight excluding hydrogens is 636 g/mol. The van der Waals surface area contributed by atoms with Crippen LogP contribution in [0.1, 0.15) is 52.0 Å². The van der Waals surface area contributed by atoms with Gasteiger partial charge >= 0.3 is 11.6 Å². The van der Waals surface area contributed by atoms with Crippen LogP contribution in [-0.2, 0) is 9.30 Å². The maximum absolute atomic E-state index is 13.7. The summed E-state index contributed by atoms with van der Waals surface area (Å²) < 4.78 is 66.3. The van der Waals surface area contributed by atoms with Gasteiger partial charge in [-0.1, -0.05) is 11.8 Å². The zero-order chi connectivity index (χ0) is 33.4. The normalized spacial score (nSPS) is 19.8. The van der Waals surface area contributed by atoms with E-state index in [4.69, 9.17) is 9.47 Å². The van der Waals surface area contributed by atoms with Crippen molar-refractivity contribution in [1.82, 2.24) is 9.30 Å². The number of hydrogen-bond donors (Lipinski definition) is 2. The molecule has 2 N–H and O–H groups in total. The number of piperidine rings is 1. The van der Waals surface area contributed by atoms with Crippen LogP contribution < -0.4 is 20.7 Å². The number of pyridine rings is 1. The molecule has 0 saturated carbocycles. The van der Waals surface area contributed by atoms with Crippen molar-refractivity contribution in [3.63, 3.8) is 0 Å². The van der Waals surface area contributed by atoms with Gasteiger partial charge in [0, 0.05) is 35.3 Å². The van der Waals surface area contributed by atoms with Gasteiger partial charge in [-0.05, 0) is 96.2 Å². The molecule has 248 valence electrons. The molecule has 0 spiro atoms. The summed E-state index contributed by atoms with van der Waals surface area (Å²) in [5.41, 5.74) is -3.01. The summed E-state index contributed by atoms with van der Waals surface area (Å²) in [7, 11) is -0.970. The molecule has 1 amide bonds. The van der Waals surface area contributed by atoms with Crippen molar-refractivity contribution in [2.75, 3.05) is 37.6 Å². The molecule has 3 atom stereocenters. The molecule has 0 unspecified atom stereocenters. The highest BCUT2D eigenvalue weighted by Gasteiger charge is 2.46. The van der Waals surface area contributed by atoms with Crippen LogP contribution in [-0.4, -0.2) is 71.6 Å². The summed E-state index contributed by atoms with van der Waals surface area (Å²) in [6.07, 6.45) is 4.65. The van der Waals surface area contributed by atoms with Crippen molar-refractivity contribution in [3.05, 3.63) is 48.2 Å². The van der Waals surface area contributed by atoms with E-state index in [1.54, 1.807) is 49.9 Å². The Hall–Kier alpha value is -3.42. The number of fused-ring (bicyclic) bond motifs is 3. The summed E-state index contributed by atoms with van der Waals surface area (Å²) in [5, 5.41) is 7.36. The SMILES string of the molecule is COc1cc(P(C)(C)=O)ccc1NCC#Cc1cc2c(N[C@@H]3CC[C@@H]4CC[C@H]3N4C(=O)OC(C)(C)C)cccn2c1SC(F)(F)F. The fraction of sp³-hybridized carbons (Fsp3) is 0.485. The molecule has 2 fully saturated rings. The van der Waals surface area contributed by atoms with E-state index in [1.807, 2.05) is 31.7 Å². The number of aromatic nitrogens is 1. The van der Waals surface area contributed by atoms with Crippen LogP contribution in [0.3, 0.4) is 0 Å². The average molecular weight is 677 g/mol. The zero-order valence-electron chi connectivity index (χ0n) is 26.8. The van der Waals surface area contributed by atoms with Crippen LogP contribution >= 0.6 is 18.9 Å². The summed E-state index contributed by atoms with van der Waals surface area (Å²) in [6.45, 7) is 9.04.